The van der Waals surface area contributed by atoms with Crippen molar-refractivity contribution < 1.29 is 0 Å². The SMILES string of the molecule is C=C(CCCCCN(C)C)CC(CCC/C=C/CCCC)C(CCC/C=C\CCCCC)CCC/C=C/CCCC. The van der Waals surface area contributed by atoms with Crippen molar-refractivity contribution in [1.82, 2.24) is 4.90 Å². The van der Waals surface area contributed by atoms with Crippen LogP contribution in [-0.4, -0.2) is 25.5 Å². The van der Waals surface area contributed by atoms with Gasteiger partial charge in [0.1, 0.15) is 0 Å². The molecule has 0 bridgehead atoms. The van der Waals surface area contributed by atoms with Crippen molar-refractivity contribution in [2.24, 2.45) is 11.8 Å². The van der Waals surface area contributed by atoms with E-state index in [1.807, 2.05) is 0 Å². The van der Waals surface area contributed by atoms with E-state index in [-0.39, 0.29) is 0 Å². The van der Waals surface area contributed by atoms with Gasteiger partial charge in [-0.3, -0.25) is 0 Å². The Morgan fingerprint density at radius 1 is 0.512 bits per heavy atom. The Kier molecular flexibility index (Phi) is 31.0. The summed E-state index contributed by atoms with van der Waals surface area (Å²) in [6.07, 6.45) is 46.3. The minimum absolute atomic E-state index is 0.811. The number of nitrogens with zero attached hydrogens (tertiary/aromatic N) is 1. The van der Waals surface area contributed by atoms with E-state index in [0.717, 1.165) is 11.8 Å². The number of unbranched alkanes of at least 4 members (excludes halogenated alkanes) is 12. The lowest BCUT2D eigenvalue weighted by molar-refractivity contribution is 0.260. The molecule has 0 aliphatic rings. The number of hydrogen-bond acceptors (Lipinski definition) is 1. The molecule has 0 aromatic rings. The largest absolute Gasteiger partial charge is 0.309 e. The van der Waals surface area contributed by atoms with Crippen molar-refractivity contribution in [3.8, 4) is 0 Å². The summed E-state index contributed by atoms with van der Waals surface area (Å²) < 4.78 is 0. The first-order valence-electron chi connectivity index (χ1n) is 18.3. The molecule has 0 heterocycles. The van der Waals surface area contributed by atoms with Crippen molar-refractivity contribution in [1.29, 1.82) is 0 Å². The molecule has 0 spiro atoms. The van der Waals surface area contributed by atoms with E-state index in [1.54, 1.807) is 0 Å². The average Bonchev–Trinajstić information content (AvgIpc) is 2.95. The predicted molar refractivity (Wildman–Crippen MR) is 190 cm³/mol. The quantitative estimate of drug-likeness (QED) is 0.0592. The van der Waals surface area contributed by atoms with Crippen LogP contribution in [0.4, 0.5) is 0 Å². The first kappa shape index (κ1) is 39.9. The van der Waals surface area contributed by atoms with E-state index in [9.17, 15) is 0 Å². The van der Waals surface area contributed by atoms with E-state index >= 15 is 0 Å². The molecule has 0 amide bonds. The van der Waals surface area contributed by atoms with Gasteiger partial charge in [-0.25, -0.2) is 0 Å². The Bertz CT molecular complexity index is 625. The normalized spacial score (nSPS) is 13.8. The average molecular weight is 570 g/mol. The van der Waals surface area contributed by atoms with Crippen molar-refractivity contribution in [3.05, 3.63) is 48.6 Å². The maximum absolute atomic E-state index is 4.62. The molecule has 0 fully saturated rings. The highest BCUT2D eigenvalue weighted by Crippen LogP contribution is 2.34. The summed E-state index contributed by atoms with van der Waals surface area (Å²) in [6.45, 7) is 12.7. The van der Waals surface area contributed by atoms with Gasteiger partial charge in [0.25, 0.3) is 0 Å². The molecule has 0 N–H and O–H groups in total. The molecule has 1 nitrogen and oxygen atoms in total. The van der Waals surface area contributed by atoms with Gasteiger partial charge in [-0.2, -0.15) is 0 Å². The van der Waals surface area contributed by atoms with Gasteiger partial charge in [-0.15, -0.1) is 0 Å². The van der Waals surface area contributed by atoms with Crippen LogP contribution in [0.15, 0.2) is 48.6 Å². The lowest BCUT2D eigenvalue weighted by Crippen LogP contribution is -2.16. The number of rotatable bonds is 31. The predicted octanol–water partition coefficient (Wildman–Crippen LogP) is 13.4. The van der Waals surface area contributed by atoms with E-state index in [4.69, 9.17) is 0 Å². The summed E-state index contributed by atoms with van der Waals surface area (Å²) in [4.78, 5) is 2.31. The molecule has 0 aliphatic heterocycles. The highest BCUT2D eigenvalue weighted by Gasteiger charge is 2.21. The van der Waals surface area contributed by atoms with E-state index in [1.165, 1.54) is 166 Å². The Morgan fingerprint density at radius 2 is 0.951 bits per heavy atom. The Balaban J connectivity index is 5.11. The Morgan fingerprint density at radius 3 is 1.41 bits per heavy atom. The molecule has 0 saturated carbocycles. The third-order valence-electron chi connectivity index (χ3n) is 8.61. The van der Waals surface area contributed by atoms with Gasteiger partial charge in [0.05, 0.1) is 0 Å². The standard InChI is InChI=1S/C40H75N/c1-7-10-13-16-19-22-24-29-34-39(33-28-23-20-17-14-11-8-2)40(35-30-25-21-18-15-12-9-3)37-38(4)32-27-26-31-36-41(5)6/h17-22,39-40H,4,7-16,23-37H2,1-3,5-6H3/b20-17+,21-18+,22-19-. The smallest absolute Gasteiger partial charge is 0.00248 e. The summed E-state index contributed by atoms with van der Waals surface area (Å²) in [6, 6.07) is 0. The third-order valence-corrected chi connectivity index (χ3v) is 8.61. The molecule has 0 radical (unpaired) electrons. The summed E-state index contributed by atoms with van der Waals surface area (Å²) in [5.74, 6) is 1.66. The minimum Gasteiger partial charge on any atom is -0.309 e. The molecule has 41 heavy (non-hydrogen) atoms. The molecular weight excluding hydrogens is 494 g/mol. The zero-order chi connectivity index (χ0) is 30.2. The maximum atomic E-state index is 4.62. The first-order valence-corrected chi connectivity index (χ1v) is 18.3. The van der Waals surface area contributed by atoms with E-state index in [2.05, 4.69) is 82.8 Å². The lowest BCUT2D eigenvalue weighted by Gasteiger charge is -2.28. The lowest BCUT2D eigenvalue weighted by atomic mass is 9.77. The van der Waals surface area contributed by atoms with Crippen LogP contribution < -0.4 is 0 Å². The van der Waals surface area contributed by atoms with Gasteiger partial charge in [-0.1, -0.05) is 114 Å². The Labute approximate surface area is 260 Å². The second-order valence-corrected chi connectivity index (χ2v) is 13.1. The van der Waals surface area contributed by atoms with Crippen molar-refractivity contribution in [2.45, 2.75) is 175 Å². The van der Waals surface area contributed by atoms with Crippen molar-refractivity contribution in [2.75, 3.05) is 20.6 Å². The van der Waals surface area contributed by atoms with Gasteiger partial charge in [-0.05, 0) is 142 Å². The van der Waals surface area contributed by atoms with Crippen molar-refractivity contribution in [3.63, 3.8) is 0 Å². The minimum atomic E-state index is 0.811. The molecule has 0 rings (SSSR count). The van der Waals surface area contributed by atoms with Gasteiger partial charge < -0.3 is 4.90 Å². The first-order chi connectivity index (χ1) is 20.0. The maximum Gasteiger partial charge on any atom is -0.00248 e. The summed E-state index contributed by atoms with van der Waals surface area (Å²) in [5.41, 5.74) is 1.53. The van der Waals surface area contributed by atoms with E-state index < -0.39 is 0 Å². The summed E-state index contributed by atoms with van der Waals surface area (Å²) in [5, 5.41) is 0. The van der Waals surface area contributed by atoms with Gasteiger partial charge in [0.15, 0.2) is 0 Å². The zero-order valence-electron chi connectivity index (χ0n) is 29.0. The van der Waals surface area contributed by atoms with Crippen LogP contribution in [0.3, 0.4) is 0 Å². The van der Waals surface area contributed by atoms with Gasteiger partial charge >= 0.3 is 0 Å². The highest BCUT2D eigenvalue weighted by molar-refractivity contribution is 4.97. The molecule has 1 heteroatoms. The third kappa shape index (κ3) is 28.8. The molecule has 2 unspecified atom stereocenters. The fourth-order valence-corrected chi connectivity index (χ4v) is 5.93. The van der Waals surface area contributed by atoms with Crippen LogP contribution in [0, 0.1) is 11.8 Å². The van der Waals surface area contributed by atoms with Gasteiger partial charge in [0.2, 0.25) is 0 Å². The molecule has 0 aromatic carbocycles. The summed E-state index contributed by atoms with van der Waals surface area (Å²) >= 11 is 0. The topological polar surface area (TPSA) is 3.24 Å². The number of hydrogen-bond donors (Lipinski definition) is 0. The van der Waals surface area contributed by atoms with Crippen LogP contribution in [0.25, 0.3) is 0 Å². The fraction of sp³-hybridized carbons (Fsp3) is 0.800. The van der Waals surface area contributed by atoms with Crippen LogP contribution in [0.2, 0.25) is 0 Å². The fourth-order valence-electron chi connectivity index (χ4n) is 5.93. The highest BCUT2D eigenvalue weighted by atomic mass is 15.0. The second-order valence-electron chi connectivity index (χ2n) is 13.1. The molecule has 0 saturated heterocycles. The van der Waals surface area contributed by atoms with Crippen LogP contribution in [-0.2, 0) is 0 Å². The molecule has 2 atom stereocenters. The molecule has 0 aliphatic carbocycles. The zero-order valence-corrected chi connectivity index (χ0v) is 29.0. The van der Waals surface area contributed by atoms with Crippen LogP contribution in [0.1, 0.15) is 175 Å². The molecular formula is C40H75N. The Hall–Kier alpha value is -1.08. The van der Waals surface area contributed by atoms with Crippen molar-refractivity contribution >= 4 is 0 Å². The second kappa shape index (κ2) is 31.8. The van der Waals surface area contributed by atoms with Crippen LogP contribution in [0.5, 0.6) is 0 Å². The van der Waals surface area contributed by atoms with Gasteiger partial charge in [0, 0.05) is 0 Å². The van der Waals surface area contributed by atoms with E-state index in [0.29, 0.717) is 0 Å². The monoisotopic (exact) mass is 570 g/mol. The molecule has 240 valence electrons. The summed E-state index contributed by atoms with van der Waals surface area (Å²) in [7, 11) is 4.37. The van der Waals surface area contributed by atoms with Crippen LogP contribution >= 0.6 is 0 Å². The molecule has 0 aromatic heterocycles. The number of allylic oxidation sites excluding steroid dienone is 7.